The van der Waals surface area contributed by atoms with Gasteiger partial charge in [-0.2, -0.15) is 0 Å². The van der Waals surface area contributed by atoms with E-state index in [2.05, 4.69) is 22.4 Å². The summed E-state index contributed by atoms with van der Waals surface area (Å²) in [5, 5.41) is 13.1. The van der Waals surface area contributed by atoms with Crippen molar-refractivity contribution in [3.05, 3.63) is 34.8 Å². The van der Waals surface area contributed by atoms with Crippen LogP contribution in [0, 0.1) is 6.92 Å². The number of nitrogens with one attached hydrogen (secondary N) is 1. The molecule has 1 atom stereocenters. The maximum Gasteiger partial charge on any atom is 0.206 e. The van der Waals surface area contributed by atoms with Gasteiger partial charge in [-0.1, -0.05) is 23.5 Å². The van der Waals surface area contributed by atoms with E-state index in [9.17, 15) is 0 Å². The van der Waals surface area contributed by atoms with Crippen LogP contribution in [-0.2, 0) is 0 Å². The number of nitrogens with zero attached hydrogens (tertiary/aromatic N) is 2. The molecule has 0 aliphatic heterocycles. The van der Waals surface area contributed by atoms with Crippen molar-refractivity contribution in [3.63, 3.8) is 0 Å². The molecule has 0 saturated carbocycles. The van der Waals surface area contributed by atoms with Gasteiger partial charge in [-0.25, -0.2) is 0 Å². The molecule has 0 aliphatic carbocycles. The van der Waals surface area contributed by atoms with Crippen molar-refractivity contribution >= 4 is 22.2 Å². The predicted octanol–water partition coefficient (Wildman–Crippen LogP) is 2.60. The molecular formula is C11H14N4S. The van der Waals surface area contributed by atoms with Gasteiger partial charge in [-0.05, 0) is 31.5 Å². The molecule has 16 heavy (non-hydrogen) atoms. The second-order valence-electron chi connectivity index (χ2n) is 3.66. The maximum atomic E-state index is 5.74. The zero-order valence-electron chi connectivity index (χ0n) is 9.27. The summed E-state index contributed by atoms with van der Waals surface area (Å²) in [6.07, 6.45) is 0. The zero-order chi connectivity index (χ0) is 11.5. The second-order valence-corrected chi connectivity index (χ2v) is 4.84. The molecule has 1 unspecified atom stereocenters. The minimum Gasteiger partial charge on any atom is -0.399 e. The van der Waals surface area contributed by atoms with Crippen molar-refractivity contribution in [1.82, 2.24) is 10.2 Å². The highest BCUT2D eigenvalue weighted by Crippen LogP contribution is 2.22. The van der Waals surface area contributed by atoms with E-state index in [1.807, 2.05) is 31.2 Å². The lowest BCUT2D eigenvalue weighted by Gasteiger charge is -2.13. The quantitative estimate of drug-likeness (QED) is 0.801. The molecule has 2 aromatic rings. The maximum absolute atomic E-state index is 5.74. The van der Waals surface area contributed by atoms with Gasteiger partial charge in [-0.15, -0.1) is 10.2 Å². The van der Waals surface area contributed by atoms with Crippen LogP contribution in [0.25, 0.3) is 0 Å². The Morgan fingerprint density at radius 2 is 2.19 bits per heavy atom. The third-order valence-corrected chi connectivity index (χ3v) is 3.05. The molecule has 0 aliphatic rings. The van der Waals surface area contributed by atoms with E-state index in [0.717, 1.165) is 21.4 Å². The van der Waals surface area contributed by atoms with Crippen LogP contribution in [0.5, 0.6) is 0 Å². The van der Waals surface area contributed by atoms with E-state index in [-0.39, 0.29) is 6.04 Å². The third-order valence-electron chi connectivity index (χ3n) is 2.28. The van der Waals surface area contributed by atoms with Crippen LogP contribution in [0.2, 0.25) is 0 Å². The van der Waals surface area contributed by atoms with Gasteiger partial charge in [0, 0.05) is 5.69 Å². The Morgan fingerprint density at radius 3 is 2.81 bits per heavy atom. The van der Waals surface area contributed by atoms with E-state index >= 15 is 0 Å². The molecule has 2 rings (SSSR count). The van der Waals surface area contributed by atoms with Gasteiger partial charge >= 0.3 is 0 Å². The number of hydrogen-bond acceptors (Lipinski definition) is 5. The van der Waals surface area contributed by atoms with Crippen molar-refractivity contribution in [3.8, 4) is 0 Å². The molecule has 84 valence electrons. The highest BCUT2D eigenvalue weighted by Gasteiger charge is 2.08. The molecule has 1 aromatic carbocycles. The number of anilines is 2. The van der Waals surface area contributed by atoms with E-state index in [1.165, 1.54) is 0 Å². The lowest BCUT2D eigenvalue weighted by molar-refractivity contribution is 0.873. The number of nitrogen functional groups attached to an aromatic ring is 1. The van der Waals surface area contributed by atoms with Crippen molar-refractivity contribution < 1.29 is 0 Å². The van der Waals surface area contributed by atoms with Crippen LogP contribution in [0.4, 0.5) is 10.8 Å². The number of benzene rings is 1. The smallest absolute Gasteiger partial charge is 0.206 e. The van der Waals surface area contributed by atoms with Crippen molar-refractivity contribution in [1.29, 1.82) is 0 Å². The molecular weight excluding hydrogens is 220 g/mol. The summed E-state index contributed by atoms with van der Waals surface area (Å²) in [6.45, 7) is 4.01. The fourth-order valence-electron chi connectivity index (χ4n) is 1.45. The van der Waals surface area contributed by atoms with Crippen LogP contribution in [0.3, 0.4) is 0 Å². The van der Waals surface area contributed by atoms with Gasteiger partial charge in [0.1, 0.15) is 5.01 Å². The van der Waals surface area contributed by atoms with Gasteiger partial charge in [0.2, 0.25) is 5.13 Å². The number of aryl methyl sites for hydroxylation is 1. The summed E-state index contributed by atoms with van der Waals surface area (Å²) in [5.41, 5.74) is 7.66. The minimum atomic E-state index is 0.177. The summed E-state index contributed by atoms with van der Waals surface area (Å²) in [4.78, 5) is 0. The highest BCUT2D eigenvalue weighted by molar-refractivity contribution is 7.15. The van der Waals surface area contributed by atoms with E-state index in [0.29, 0.717) is 0 Å². The standard InChI is InChI=1S/C11H14N4S/c1-7(9-4-3-5-10(12)6-9)13-11-15-14-8(2)16-11/h3-7H,12H2,1-2H3,(H,13,15). The molecule has 0 saturated heterocycles. The van der Waals surface area contributed by atoms with Crippen LogP contribution in [0.1, 0.15) is 23.5 Å². The number of aromatic nitrogens is 2. The Balaban J connectivity index is 2.11. The van der Waals surface area contributed by atoms with Gasteiger partial charge in [0.05, 0.1) is 6.04 Å². The van der Waals surface area contributed by atoms with Crippen molar-refractivity contribution in [2.45, 2.75) is 19.9 Å². The van der Waals surface area contributed by atoms with E-state index < -0.39 is 0 Å². The average Bonchev–Trinajstić information content (AvgIpc) is 2.64. The zero-order valence-corrected chi connectivity index (χ0v) is 10.1. The predicted molar refractivity (Wildman–Crippen MR) is 67.5 cm³/mol. The summed E-state index contributed by atoms with van der Waals surface area (Å²) >= 11 is 1.55. The van der Waals surface area contributed by atoms with Gasteiger partial charge in [0.15, 0.2) is 0 Å². The largest absolute Gasteiger partial charge is 0.399 e. The molecule has 0 spiro atoms. The molecule has 1 heterocycles. The molecule has 3 N–H and O–H groups in total. The number of hydrogen-bond donors (Lipinski definition) is 2. The van der Waals surface area contributed by atoms with Crippen LogP contribution in [-0.4, -0.2) is 10.2 Å². The molecule has 0 fully saturated rings. The van der Waals surface area contributed by atoms with Gasteiger partial charge in [0.25, 0.3) is 0 Å². The highest BCUT2D eigenvalue weighted by atomic mass is 32.1. The first kappa shape index (κ1) is 10.9. The average molecular weight is 234 g/mol. The van der Waals surface area contributed by atoms with Gasteiger partial charge in [-0.3, -0.25) is 0 Å². The summed E-state index contributed by atoms with van der Waals surface area (Å²) < 4.78 is 0. The summed E-state index contributed by atoms with van der Waals surface area (Å²) in [6, 6.07) is 8.02. The molecule has 1 aromatic heterocycles. The fourth-order valence-corrected chi connectivity index (χ4v) is 2.13. The Morgan fingerprint density at radius 1 is 1.38 bits per heavy atom. The molecule has 0 radical (unpaired) electrons. The topological polar surface area (TPSA) is 63.8 Å². The third kappa shape index (κ3) is 2.49. The first-order valence-corrected chi connectivity index (χ1v) is 5.89. The summed E-state index contributed by atoms with van der Waals surface area (Å²) in [5.74, 6) is 0. The Hall–Kier alpha value is -1.62. The molecule has 5 heteroatoms. The SMILES string of the molecule is Cc1nnc(NC(C)c2cccc(N)c2)s1. The Labute approximate surface area is 98.5 Å². The lowest BCUT2D eigenvalue weighted by atomic mass is 10.1. The van der Waals surface area contributed by atoms with Crippen LogP contribution in [0.15, 0.2) is 24.3 Å². The number of rotatable bonds is 3. The fraction of sp³-hybridized carbons (Fsp3) is 0.273. The Bertz CT molecular complexity index is 480. The van der Waals surface area contributed by atoms with Crippen LogP contribution >= 0.6 is 11.3 Å². The van der Waals surface area contributed by atoms with Crippen molar-refractivity contribution in [2.24, 2.45) is 0 Å². The normalized spacial score (nSPS) is 12.4. The molecule has 0 bridgehead atoms. The molecule has 0 amide bonds. The monoisotopic (exact) mass is 234 g/mol. The van der Waals surface area contributed by atoms with Crippen LogP contribution < -0.4 is 11.1 Å². The lowest BCUT2D eigenvalue weighted by Crippen LogP contribution is -2.06. The molecule has 4 nitrogen and oxygen atoms in total. The first-order chi connectivity index (χ1) is 7.65. The van der Waals surface area contributed by atoms with Crippen molar-refractivity contribution in [2.75, 3.05) is 11.1 Å². The van der Waals surface area contributed by atoms with Gasteiger partial charge < -0.3 is 11.1 Å². The first-order valence-electron chi connectivity index (χ1n) is 5.07. The number of nitrogens with two attached hydrogens (primary N) is 1. The summed E-state index contributed by atoms with van der Waals surface area (Å²) in [7, 11) is 0. The second kappa shape index (κ2) is 4.49. The Kier molecular flexibility index (Phi) is 3.05. The van der Waals surface area contributed by atoms with E-state index in [4.69, 9.17) is 5.73 Å². The van der Waals surface area contributed by atoms with E-state index in [1.54, 1.807) is 11.3 Å². The minimum absolute atomic E-state index is 0.177.